The SMILES string of the molecule is Cc1cnc(Cl)c(NC(=O)C2Cc3ccccc32)c1. The zero-order valence-electron chi connectivity index (χ0n) is 10.5. The predicted molar refractivity (Wildman–Crippen MR) is 75.5 cm³/mol. The molecule has 0 fully saturated rings. The normalized spacial score (nSPS) is 16.4. The first-order valence-corrected chi connectivity index (χ1v) is 6.54. The number of rotatable bonds is 2. The van der Waals surface area contributed by atoms with Crippen LogP contribution in [0.2, 0.25) is 5.15 Å². The number of aryl methyl sites for hydroxylation is 1. The third-order valence-electron chi connectivity index (χ3n) is 3.40. The van der Waals surface area contributed by atoms with Gasteiger partial charge in [0.15, 0.2) is 5.15 Å². The van der Waals surface area contributed by atoms with Gasteiger partial charge < -0.3 is 5.32 Å². The second-order valence-electron chi connectivity index (χ2n) is 4.80. The quantitative estimate of drug-likeness (QED) is 0.852. The molecule has 3 nitrogen and oxygen atoms in total. The zero-order chi connectivity index (χ0) is 13.4. The molecule has 0 saturated heterocycles. The molecule has 1 aliphatic rings. The van der Waals surface area contributed by atoms with E-state index in [1.54, 1.807) is 6.20 Å². The summed E-state index contributed by atoms with van der Waals surface area (Å²) in [6.45, 7) is 1.91. The molecule has 1 aromatic heterocycles. The number of amides is 1. The van der Waals surface area contributed by atoms with Gasteiger partial charge in [0, 0.05) is 6.20 Å². The van der Waals surface area contributed by atoms with Crippen molar-refractivity contribution in [3.63, 3.8) is 0 Å². The summed E-state index contributed by atoms with van der Waals surface area (Å²) >= 11 is 5.98. The van der Waals surface area contributed by atoms with Gasteiger partial charge >= 0.3 is 0 Å². The molecule has 96 valence electrons. The number of anilines is 1. The largest absolute Gasteiger partial charge is 0.323 e. The third-order valence-corrected chi connectivity index (χ3v) is 3.71. The van der Waals surface area contributed by atoms with Gasteiger partial charge in [-0.15, -0.1) is 0 Å². The highest BCUT2D eigenvalue weighted by molar-refractivity contribution is 6.32. The van der Waals surface area contributed by atoms with Crippen LogP contribution in [0.1, 0.15) is 22.6 Å². The molecule has 0 bridgehead atoms. The summed E-state index contributed by atoms with van der Waals surface area (Å²) in [7, 11) is 0. The summed E-state index contributed by atoms with van der Waals surface area (Å²) in [6, 6.07) is 9.84. The van der Waals surface area contributed by atoms with Crippen LogP contribution in [0.15, 0.2) is 36.5 Å². The van der Waals surface area contributed by atoms with Gasteiger partial charge in [0.2, 0.25) is 5.91 Å². The van der Waals surface area contributed by atoms with Gasteiger partial charge in [-0.2, -0.15) is 0 Å². The summed E-state index contributed by atoms with van der Waals surface area (Å²) in [5.74, 6) is -0.0965. The highest BCUT2D eigenvalue weighted by atomic mass is 35.5. The van der Waals surface area contributed by atoms with Crippen LogP contribution >= 0.6 is 11.6 Å². The molecule has 1 unspecified atom stereocenters. The highest BCUT2D eigenvalue weighted by Crippen LogP contribution is 2.36. The van der Waals surface area contributed by atoms with Crippen molar-refractivity contribution >= 4 is 23.2 Å². The summed E-state index contributed by atoms with van der Waals surface area (Å²) < 4.78 is 0. The molecule has 0 spiro atoms. The van der Waals surface area contributed by atoms with E-state index in [4.69, 9.17) is 11.6 Å². The minimum atomic E-state index is -0.0761. The molecule has 3 rings (SSSR count). The van der Waals surface area contributed by atoms with Crippen molar-refractivity contribution in [2.75, 3.05) is 5.32 Å². The Morgan fingerprint density at radius 3 is 3.00 bits per heavy atom. The second kappa shape index (κ2) is 4.67. The standard InChI is InChI=1S/C15H13ClN2O/c1-9-6-13(14(16)17-8-9)18-15(19)12-7-10-4-2-3-5-11(10)12/h2-6,8,12H,7H2,1H3,(H,18,19). The number of benzene rings is 1. The lowest BCUT2D eigenvalue weighted by atomic mass is 9.77. The molecule has 0 saturated carbocycles. The molecule has 1 heterocycles. The Balaban J connectivity index is 1.79. The average Bonchev–Trinajstić information content (AvgIpc) is 2.35. The summed E-state index contributed by atoms with van der Waals surface area (Å²) in [4.78, 5) is 16.3. The monoisotopic (exact) mass is 272 g/mol. The maximum Gasteiger partial charge on any atom is 0.232 e. The number of aromatic nitrogens is 1. The fourth-order valence-corrected chi connectivity index (χ4v) is 2.50. The molecule has 0 radical (unpaired) electrons. The molecule has 19 heavy (non-hydrogen) atoms. The molecule has 0 aliphatic heterocycles. The fourth-order valence-electron chi connectivity index (χ4n) is 2.35. The molecule has 1 aromatic carbocycles. The Morgan fingerprint density at radius 2 is 2.21 bits per heavy atom. The summed E-state index contributed by atoms with van der Waals surface area (Å²) in [6.07, 6.45) is 2.47. The van der Waals surface area contributed by atoms with E-state index in [1.165, 1.54) is 5.56 Å². The third kappa shape index (κ3) is 2.22. The van der Waals surface area contributed by atoms with Crippen LogP contribution in [0.5, 0.6) is 0 Å². The number of hydrogen-bond acceptors (Lipinski definition) is 2. The van der Waals surface area contributed by atoms with Crippen LogP contribution in [0.25, 0.3) is 0 Å². The topological polar surface area (TPSA) is 42.0 Å². The van der Waals surface area contributed by atoms with Crippen molar-refractivity contribution in [1.29, 1.82) is 0 Å². The molecule has 2 aromatic rings. The van der Waals surface area contributed by atoms with E-state index < -0.39 is 0 Å². The number of carbonyl (C=O) groups is 1. The fraction of sp³-hybridized carbons (Fsp3) is 0.200. The van der Waals surface area contributed by atoms with E-state index in [1.807, 2.05) is 31.2 Å². The van der Waals surface area contributed by atoms with Gasteiger partial charge in [-0.05, 0) is 36.1 Å². The second-order valence-corrected chi connectivity index (χ2v) is 5.15. The van der Waals surface area contributed by atoms with Crippen molar-refractivity contribution in [2.24, 2.45) is 0 Å². The van der Waals surface area contributed by atoms with Gasteiger partial charge in [-0.1, -0.05) is 35.9 Å². The molecule has 1 atom stereocenters. The van der Waals surface area contributed by atoms with Gasteiger partial charge in [0.1, 0.15) is 0 Å². The van der Waals surface area contributed by atoms with E-state index in [0.29, 0.717) is 10.8 Å². The highest BCUT2D eigenvalue weighted by Gasteiger charge is 2.31. The first-order chi connectivity index (χ1) is 9.15. The Bertz CT molecular complexity index is 654. The number of halogens is 1. The lowest BCUT2D eigenvalue weighted by molar-refractivity contribution is -0.118. The Labute approximate surface area is 116 Å². The molecule has 1 N–H and O–H groups in total. The van der Waals surface area contributed by atoms with Gasteiger partial charge in [0.05, 0.1) is 11.6 Å². The van der Waals surface area contributed by atoms with Crippen LogP contribution in [-0.2, 0) is 11.2 Å². The van der Waals surface area contributed by atoms with E-state index in [0.717, 1.165) is 17.5 Å². The van der Waals surface area contributed by atoms with Gasteiger partial charge in [0.25, 0.3) is 0 Å². The lowest BCUT2D eigenvalue weighted by Crippen LogP contribution is -2.30. The maximum absolute atomic E-state index is 12.2. The number of nitrogens with zero attached hydrogens (tertiary/aromatic N) is 1. The minimum absolute atomic E-state index is 0.0204. The van der Waals surface area contributed by atoms with Gasteiger partial charge in [-0.3, -0.25) is 4.79 Å². The van der Waals surface area contributed by atoms with Crippen LogP contribution in [0, 0.1) is 6.92 Å². The first-order valence-electron chi connectivity index (χ1n) is 6.16. The summed E-state index contributed by atoms with van der Waals surface area (Å²) in [5.41, 5.74) is 3.90. The van der Waals surface area contributed by atoms with Crippen molar-refractivity contribution in [3.05, 3.63) is 58.4 Å². The predicted octanol–water partition coefficient (Wildman–Crippen LogP) is 3.32. The van der Waals surface area contributed by atoms with E-state index in [-0.39, 0.29) is 11.8 Å². The maximum atomic E-state index is 12.2. The molecule has 4 heteroatoms. The lowest BCUT2D eigenvalue weighted by Gasteiger charge is -2.28. The number of carbonyl (C=O) groups excluding carboxylic acids is 1. The van der Waals surface area contributed by atoms with E-state index >= 15 is 0 Å². The van der Waals surface area contributed by atoms with Crippen molar-refractivity contribution < 1.29 is 4.79 Å². The minimum Gasteiger partial charge on any atom is -0.323 e. The number of nitrogens with one attached hydrogen (secondary N) is 1. The van der Waals surface area contributed by atoms with Crippen LogP contribution in [0.3, 0.4) is 0 Å². The van der Waals surface area contributed by atoms with Gasteiger partial charge in [-0.25, -0.2) is 4.98 Å². The Kier molecular flexibility index (Phi) is 2.99. The van der Waals surface area contributed by atoms with E-state index in [9.17, 15) is 4.79 Å². The Hall–Kier alpha value is -1.87. The van der Waals surface area contributed by atoms with Crippen LogP contribution in [0.4, 0.5) is 5.69 Å². The molecule has 1 amide bonds. The van der Waals surface area contributed by atoms with Crippen molar-refractivity contribution in [2.45, 2.75) is 19.3 Å². The van der Waals surface area contributed by atoms with Crippen LogP contribution < -0.4 is 5.32 Å². The number of fused-ring (bicyclic) bond motifs is 1. The smallest absolute Gasteiger partial charge is 0.232 e. The molecular formula is C15H13ClN2O. The average molecular weight is 273 g/mol. The van der Waals surface area contributed by atoms with Crippen molar-refractivity contribution in [3.8, 4) is 0 Å². The molecular weight excluding hydrogens is 260 g/mol. The van der Waals surface area contributed by atoms with Crippen molar-refractivity contribution in [1.82, 2.24) is 4.98 Å². The van der Waals surface area contributed by atoms with Crippen LogP contribution in [-0.4, -0.2) is 10.9 Å². The van der Waals surface area contributed by atoms with E-state index in [2.05, 4.69) is 16.4 Å². The first kappa shape index (κ1) is 12.2. The summed E-state index contributed by atoms with van der Waals surface area (Å²) in [5, 5.41) is 3.19. The zero-order valence-corrected chi connectivity index (χ0v) is 11.2. The molecule has 1 aliphatic carbocycles. The number of pyridine rings is 1. The Morgan fingerprint density at radius 1 is 1.42 bits per heavy atom. The number of hydrogen-bond donors (Lipinski definition) is 1.